The van der Waals surface area contributed by atoms with E-state index in [-0.39, 0.29) is 16.8 Å². The van der Waals surface area contributed by atoms with Crippen molar-refractivity contribution in [2.75, 3.05) is 12.4 Å². The summed E-state index contributed by atoms with van der Waals surface area (Å²) in [5.41, 5.74) is 1.21. The number of amides is 1. The molecule has 0 aliphatic carbocycles. The van der Waals surface area contributed by atoms with Gasteiger partial charge in [0.15, 0.2) is 10.2 Å². The number of thiazole rings is 1. The van der Waals surface area contributed by atoms with Crippen molar-refractivity contribution in [1.82, 2.24) is 10.3 Å². The van der Waals surface area contributed by atoms with Crippen LogP contribution in [0.1, 0.15) is 10.4 Å². The zero-order valence-electron chi connectivity index (χ0n) is 12.6. The third kappa shape index (κ3) is 3.61. The molecule has 0 aliphatic rings. The minimum atomic E-state index is -0.325. The first-order chi connectivity index (χ1) is 11.5. The summed E-state index contributed by atoms with van der Waals surface area (Å²) in [4.78, 5) is 16.5. The highest BCUT2D eigenvalue weighted by Crippen LogP contribution is 2.28. The predicted octanol–water partition coefficient (Wildman–Crippen LogP) is 3.14. The Hall–Kier alpha value is -2.71. The second kappa shape index (κ2) is 6.81. The Labute approximate surface area is 147 Å². The number of carbonyl (C=O) groups is 1. The molecule has 3 rings (SSSR count). The van der Waals surface area contributed by atoms with Crippen LogP contribution in [0.25, 0.3) is 10.2 Å². The van der Waals surface area contributed by atoms with Crippen molar-refractivity contribution in [3.63, 3.8) is 0 Å². The first-order valence-electron chi connectivity index (χ1n) is 6.91. The van der Waals surface area contributed by atoms with Gasteiger partial charge in [-0.3, -0.25) is 10.1 Å². The van der Waals surface area contributed by atoms with Crippen LogP contribution in [0.5, 0.6) is 11.5 Å². The number of nitrogens with zero attached hydrogens (tertiary/aromatic N) is 1. The number of rotatable bonds is 3. The lowest BCUT2D eigenvalue weighted by Gasteiger charge is -2.07. The molecular formula is C16H13N3O3S2. The first kappa shape index (κ1) is 16.2. The number of ether oxygens (including phenoxy) is 1. The Balaban J connectivity index is 1.66. The number of phenols is 1. The SMILES string of the molecule is COc1ccc(C(=O)NC(=S)Nc2nc3ccc(O)cc3s2)cc1. The molecule has 0 spiro atoms. The molecule has 0 bridgehead atoms. The van der Waals surface area contributed by atoms with Crippen LogP contribution in [0.2, 0.25) is 0 Å². The quantitative estimate of drug-likeness (QED) is 0.623. The molecule has 2 aromatic carbocycles. The number of aromatic hydroxyl groups is 1. The second-order valence-electron chi connectivity index (χ2n) is 4.81. The number of hydrogen-bond donors (Lipinski definition) is 3. The van der Waals surface area contributed by atoms with Crippen molar-refractivity contribution in [2.24, 2.45) is 0 Å². The van der Waals surface area contributed by atoms with E-state index in [9.17, 15) is 9.90 Å². The first-order valence-corrected chi connectivity index (χ1v) is 8.13. The number of methoxy groups -OCH3 is 1. The molecule has 0 atom stereocenters. The van der Waals surface area contributed by atoms with Gasteiger partial charge >= 0.3 is 0 Å². The number of phenolic OH excluding ortho intramolecular Hbond substituents is 1. The molecule has 0 saturated heterocycles. The van der Waals surface area contributed by atoms with Gasteiger partial charge in [-0.05, 0) is 54.7 Å². The molecule has 0 radical (unpaired) electrons. The lowest BCUT2D eigenvalue weighted by atomic mass is 10.2. The molecule has 0 fully saturated rings. The van der Waals surface area contributed by atoms with E-state index in [0.717, 1.165) is 10.2 Å². The Morgan fingerprint density at radius 3 is 2.71 bits per heavy atom. The molecule has 3 N–H and O–H groups in total. The average molecular weight is 359 g/mol. The summed E-state index contributed by atoms with van der Waals surface area (Å²) in [6.45, 7) is 0. The highest BCUT2D eigenvalue weighted by Gasteiger charge is 2.10. The normalized spacial score (nSPS) is 10.4. The third-order valence-electron chi connectivity index (χ3n) is 3.17. The van der Waals surface area contributed by atoms with Gasteiger partial charge in [0, 0.05) is 5.56 Å². The maximum atomic E-state index is 12.1. The average Bonchev–Trinajstić information content (AvgIpc) is 2.95. The van der Waals surface area contributed by atoms with E-state index in [1.165, 1.54) is 11.3 Å². The summed E-state index contributed by atoms with van der Waals surface area (Å²) < 4.78 is 5.87. The monoisotopic (exact) mass is 359 g/mol. The van der Waals surface area contributed by atoms with Gasteiger partial charge in [0.1, 0.15) is 11.5 Å². The van der Waals surface area contributed by atoms with Gasteiger partial charge in [-0.15, -0.1) is 0 Å². The molecule has 0 saturated carbocycles. The fraction of sp³-hybridized carbons (Fsp3) is 0.0625. The van der Waals surface area contributed by atoms with Gasteiger partial charge < -0.3 is 15.2 Å². The Kier molecular flexibility index (Phi) is 4.59. The number of nitrogens with one attached hydrogen (secondary N) is 2. The fourth-order valence-electron chi connectivity index (χ4n) is 2.01. The van der Waals surface area contributed by atoms with Crippen molar-refractivity contribution in [3.8, 4) is 11.5 Å². The molecule has 24 heavy (non-hydrogen) atoms. The van der Waals surface area contributed by atoms with Crippen molar-refractivity contribution in [3.05, 3.63) is 48.0 Å². The van der Waals surface area contributed by atoms with E-state index in [1.807, 2.05) is 0 Å². The molecule has 1 heterocycles. The van der Waals surface area contributed by atoms with Gasteiger partial charge in [-0.1, -0.05) is 11.3 Å². The van der Waals surface area contributed by atoms with Crippen LogP contribution < -0.4 is 15.4 Å². The van der Waals surface area contributed by atoms with Gasteiger partial charge in [-0.25, -0.2) is 4.98 Å². The largest absolute Gasteiger partial charge is 0.508 e. The molecule has 0 aliphatic heterocycles. The number of benzene rings is 2. The minimum absolute atomic E-state index is 0.152. The highest BCUT2D eigenvalue weighted by molar-refractivity contribution is 7.80. The fourth-order valence-corrected chi connectivity index (χ4v) is 3.17. The smallest absolute Gasteiger partial charge is 0.257 e. The highest BCUT2D eigenvalue weighted by atomic mass is 32.1. The Morgan fingerprint density at radius 2 is 2.00 bits per heavy atom. The van der Waals surface area contributed by atoms with Crippen LogP contribution in [-0.2, 0) is 0 Å². The molecule has 0 unspecified atom stereocenters. The number of anilines is 1. The zero-order valence-corrected chi connectivity index (χ0v) is 14.2. The standard InChI is InChI=1S/C16H13N3O3S2/c1-22-11-5-2-9(3-6-11)14(21)18-15(23)19-16-17-12-7-4-10(20)8-13(12)24-16/h2-8,20H,1H3,(H2,17,18,19,21,23). The molecule has 122 valence electrons. The molecule has 3 aromatic rings. The minimum Gasteiger partial charge on any atom is -0.508 e. The maximum Gasteiger partial charge on any atom is 0.257 e. The van der Waals surface area contributed by atoms with Crippen LogP contribution in [-0.4, -0.2) is 28.2 Å². The zero-order chi connectivity index (χ0) is 17.1. The molecule has 1 amide bonds. The summed E-state index contributed by atoms with van der Waals surface area (Å²) in [7, 11) is 1.56. The molecule has 6 nitrogen and oxygen atoms in total. The molecule has 1 aromatic heterocycles. The number of fused-ring (bicyclic) bond motifs is 1. The summed E-state index contributed by atoms with van der Waals surface area (Å²) in [5, 5.41) is 15.6. The predicted molar refractivity (Wildman–Crippen MR) is 98.0 cm³/mol. The Bertz CT molecular complexity index is 907. The van der Waals surface area contributed by atoms with Crippen molar-refractivity contribution >= 4 is 49.9 Å². The third-order valence-corrected chi connectivity index (χ3v) is 4.31. The van der Waals surface area contributed by atoms with E-state index in [4.69, 9.17) is 17.0 Å². The number of thiocarbonyl (C=S) groups is 1. The van der Waals surface area contributed by atoms with Crippen LogP contribution in [0.15, 0.2) is 42.5 Å². The summed E-state index contributed by atoms with van der Waals surface area (Å²) in [6, 6.07) is 11.6. The molecular weight excluding hydrogens is 346 g/mol. The lowest BCUT2D eigenvalue weighted by Crippen LogP contribution is -2.34. The molecule has 8 heteroatoms. The van der Waals surface area contributed by atoms with Crippen LogP contribution in [0.4, 0.5) is 5.13 Å². The summed E-state index contributed by atoms with van der Waals surface area (Å²) in [5.74, 6) is 0.520. The second-order valence-corrected chi connectivity index (χ2v) is 6.25. The van der Waals surface area contributed by atoms with Crippen LogP contribution in [0, 0.1) is 0 Å². The van der Waals surface area contributed by atoms with Crippen molar-refractivity contribution < 1.29 is 14.6 Å². The summed E-state index contributed by atoms with van der Waals surface area (Å²) >= 11 is 6.47. The van der Waals surface area contributed by atoms with Gasteiger partial charge in [0.2, 0.25) is 0 Å². The van der Waals surface area contributed by atoms with Gasteiger partial charge in [0.25, 0.3) is 5.91 Å². The van der Waals surface area contributed by atoms with Gasteiger partial charge in [-0.2, -0.15) is 0 Å². The Morgan fingerprint density at radius 1 is 1.25 bits per heavy atom. The van der Waals surface area contributed by atoms with Crippen molar-refractivity contribution in [1.29, 1.82) is 0 Å². The van der Waals surface area contributed by atoms with Crippen LogP contribution >= 0.6 is 23.6 Å². The number of aromatic nitrogens is 1. The maximum absolute atomic E-state index is 12.1. The van der Waals surface area contributed by atoms with E-state index in [0.29, 0.717) is 16.4 Å². The summed E-state index contributed by atoms with van der Waals surface area (Å²) in [6.07, 6.45) is 0. The number of hydrogen-bond acceptors (Lipinski definition) is 6. The topological polar surface area (TPSA) is 83.5 Å². The van der Waals surface area contributed by atoms with Crippen molar-refractivity contribution in [2.45, 2.75) is 0 Å². The lowest BCUT2D eigenvalue weighted by molar-refractivity contribution is 0.0977. The van der Waals surface area contributed by atoms with E-state index in [1.54, 1.807) is 49.6 Å². The van der Waals surface area contributed by atoms with Crippen LogP contribution in [0.3, 0.4) is 0 Å². The van der Waals surface area contributed by atoms with Gasteiger partial charge in [0.05, 0.1) is 17.3 Å². The van der Waals surface area contributed by atoms with E-state index >= 15 is 0 Å². The van der Waals surface area contributed by atoms with E-state index < -0.39 is 0 Å². The van der Waals surface area contributed by atoms with E-state index in [2.05, 4.69) is 15.6 Å². The number of carbonyl (C=O) groups excluding carboxylic acids is 1.